The summed E-state index contributed by atoms with van der Waals surface area (Å²) in [5.74, 6) is 0.225. The van der Waals surface area contributed by atoms with Gasteiger partial charge in [-0.15, -0.1) is 0 Å². The fraction of sp³-hybridized carbons (Fsp3) is 0.324. The Morgan fingerprint density at radius 1 is 1.12 bits per heavy atom. The third-order valence-electron chi connectivity index (χ3n) is 8.10. The monoisotopic (exact) mass is 531 g/mol. The summed E-state index contributed by atoms with van der Waals surface area (Å²) in [6.45, 7) is 6.78. The van der Waals surface area contributed by atoms with Crippen LogP contribution in [0, 0.1) is 24.2 Å². The second-order valence-electron chi connectivity index (χ2n) is 11.2. The lowest BCUT2D eigenvalue weighted by Crippen LogP contribution is -2.51. The van der Waals surface area contributed by atoms with Gasteiger partial charge in [0.1, 0.15) is 0 Å². The number of aromatic amines is 1. The first-order valence-electron chi connectivity index (χ1n) is 14.1. The number of hydrogen-bond acceptors (Lipinski definition) is 4. The minimum atomic E-state index is -0.655. The number of rotatable bonds is 9. The third kappa shape index (κ3) is 6.50. The van der Waals surface area contributed by atoms with Gasteiger partial charge in [-0.25, -0.2) is 4.98 Å². The lowest BCUT2D eigenvalue weighted by Gasteiger charge is -2.37. The van der Waals surface area contributed by atoms with Gasteiger partial charge < -0.3 is 15.2 Å². The van der Waals surface area contributed by atoms with Crippen LogP contribution in [-0.4, -0.2) is 40.4 Å². The van der Waals surface area contributed by atoms with Crippen molar-refractivity contribution in [3.8, 4) is 6.07 Å². The number of piperidine rings is 1. The van der Waals surface area contributed by atoms with Gasteiger partial charge >= 0.3 is 0 Å². The molecule has 0 saturated carbocycles. The SMILES string of the molecule is Cc1cccc(C(CN2CCC[C@H](C(=O)NC(C)(Cc3ccc(C#N)cc3)c3cnc[nH]3)C2)c2ccccc2)c1. The quantitative estimate of drug-likeness (QED) is 0.290. The molecule has 40 heavy (non-hydrogen) atoms. The van der Waals surface area contributed by atoms with Gasteiger partial charge in [-0.2, -0.15) is 5.26 Å². The van der Waals surface area contributed by atoms with E-state index in [1.807, 2.05) is 31.2 Å². The Labute approximate surface area is 237 Å². The molecule has 2 N–H and O–H groups in total. The van der Waals surface area contributed by atoms with Gasteiger partial charge in [-0.3, -0.25) is 4.79 Å². The molecule has 0 aliphatic carbocycles. The van der Waals surface area contributed by atoms with E-state index in [0.717, 1.165) is 43.7 Å². The number of H-pyrrole nitrogens is 1. The van der Waals surface area contributed by atoms with Crippen molar-refractivity contribution in [2.24, 2.45) is 5.92 Å². The van der Waals surface area contributed by atoms with Gasteiger partial charge in [0.2, 0.25) is 5.91 Å². The maximum atomic E-state index is 13.8. The summed E-state index contributed by atoms with van der Waals surface area (Å²) < 4.78 is 0. The van der Waals surface area contributed by atoms with Gasteiger partial charge in [0.05, 0.1) is 41.3 Å². The molecule has 1 aliphatic heterocycles. The Morgan fingerprint density at radius 3 is 2.60 bits per heavy atom. The summed E-state index contributed by atoms with van der Waals surface area (Å²) in [6.07, 6.45) is 5.88. The number of carbonyl (C=O) groups is 1. The third-order valence-corrected chi connectivity index (χ3v) is 8.10. The van der Waals surface area contributed by atoms with Crippen LogP contribution < -0.4 is 5.32 Å². The van der Waals surface area contributed by atoms with E-state index >= 15 is 0 Å². The first kappa shape index (κ1) is 27.4. The Kier molecular flexibility index (Phi) is 8.42. The lowest BCUT2D eigenvalue weighted by molar-refractivity contribution is -0.128. The van der Waals surface area contributed by atoms with Crippen LogP contribution >= 0.6 is 0 Å². The Hall–Kier alpha value is -4.21. The molecule has 6 nitrogen and oxygen atoms in total. The molecular formula is C34H37N5O. The highest BCUT2D eigenvalue weighted by atomic mass is 16.2. The van der Waals surface area contributed by atoms with E-state index in [0.29, 0.717) is 12.0 Å². The molecule has 2 heterocycles. The second kappa shape index (κ2) is 12.3. The van der Waals surface area contributed by atoms with Crippen LogP contribution in [0.4, 0.5) is 0 Å². The van der Waals surface area contributed by atoms with Crippen LogP contribution in [0.3, 0.4) is 0 Å². The zero-order chi connectivity index (χ0) is 28.0. The van der Waals surface area contributed by atoms with E-state index in [9.17, 15) is 4.79 Å². The van der Waals surface area contributed by atoms with E-state index in [1.165, 1.54) is 16.7 Å². The van der Waals surface area contributed by atoms with Gasteiger partial charge in [0, 0.05) is 25.4 Å². The van der Waals surface area contributed by atoms with Crippen molar-refractivity contribution in [1.29, 1.82) is 5.26 Å². The number of carbonyl (C=O) groups excluding carboxylic acids is 1. The predicted octanol–water partition coefficient (Wildman–Crippen LogP) is 5.71. The molecule has 204 valence electrons. The summed E-state index contributed by atoms with van der Waals surface area (Å²) in [4.78, 5) is 23.7. The first-order valence-corrected chi connectivity index (χ1v) is 14.1. The molecule has 3 aromatic carbocycles. The smallest absolute Gasteiger partial charge is 0.225 e. The Bertz CT molecular complexity index is 1440. The van der Waals surface area contributed by atoms with Crippen LogP contribution in [0.15, 0.2) is 91.4 Å². The van der Waals surface area contributed by atoms with Crippen LogP contribution in [0.2, 0.25) is 0 Å². The highest BCUT2D eigenvalue weighted by Gasteiger charge is 2.35. The summed E-state index contributed by atoms with van der Waals surface area (Å²) in [5, 5.41) is 12.6. The molecule has 1 fully saturated rings. The van der Waals surface area contributed by atoms with Crippen molar-refractivity contribution < 1.29 is 4.79 Å². The van der Waals surface area contributed by atoms with Crippen LogP contribution in [0.25, 0.3) is 0 Å². The maximum absolute atomic E-state index is 13.8. The number of aryl methyl sites for hydroxylation is 1. The van der Waals surface area contributed by atoms with Crippen molar-refractivity contribution in [1.82, 2.24) is 20.2 Å². The largest absolute Gasteiger partial charge is 0.347 e. The molecule has 3 atom stereocenters. The fourth-order valence-corrected chi connectivity index (χ4v) is 5.91. The van der Waals surface area contributed by atoms with E-state index < -0.39 is 5.54 Å². The highest BCUT2D eigenvalue weighted by Crippen LogP contribution is 2.30. The number of aromatic nitrogens is 2. The van der Waals surface area contributed by atoms with E-state index in [-0.39, 0.29) is 17.7 Å². The predicted molar refractivity (Wildman–Crippen MR) is 158 cm³/mol. The highest BCUT2D eigenvalue weighted by molar-refractivity contribution is 5.80. The lowest BCUT2D eigenvalue weighted by atomic mass is 9.87. The molecule has 6 heteroatoms. The number of amides is 1. The van der Waals surface area contributed by atoms with Gasteiger partial charge in [0.15, 0.2) is 0 Å². The second-order valence-corrected chi connectivity index (χ2v) is 11.2. The molecule has 4 aromatic rings. The number of imidazole rings is 1. The van der Waals surface area contributed by atoms with Crippen molar-refractivity contribution >= 4 is 5.91 Å². The van der Waals surface area contributed by atoms with E-state index in [2.05, 4.69) is 87.8 Å². The number of benzene rings is 3. The first-order chi connectivity index (χ1) is 19.4. The molecule has 0 bridgehead atoms. The van der Waals surface area contributed by atoms with Crippen molar-refractivity contribution in [2.45, 2.75) is 44.6 Å². The number of nitrogens with one attached hydrogen (secondary N) is 2. The molecular weight excluding hydrogens is 494 g/mol. The molecule has 1 saturated heterocycles. The van der Waals surface area contributed by atoms with Crippen molar-refractivity contribution in [3.63, 3.8) is 0 Å². The number of nitriles is 1. The topological polar surface area (TPSA) is 84.8 Å². The summed E-state index contributed by atoms with van der Waals surface area (Å²) in [7, 11) is 0. The zero-order valence-corrected chi connectivity index (χ0v) is 23.3. The number of nitrogens with zero attached hydrogens (tertiary/aromatic N) is 3. The number of hydrogen-bond donors (Lipinski definition) is 2. The molecule has 2 unspecified atom stereocenters. The zero-order valence-electron chi connectivity index (χ0n) is 23.3. The van der Waals surface area contributed by atoms with Crippen LogP contribution in [0.5, 0.6) is 0 Å². The van der Waals surface area contributed by atoms with Crippen LogP contribution in [-0.2, 0) is 16.8 Å². The molecule has 1 aromatic heterocycles. The summed E-state index contributed by atoms with van der Waals surface area (Å²) in [5.41, 5.74) is 5.75. The van der Waals surface area contributed by atoms with Crippen molar-refractivity contribution in [3.05, 3.63) is 125 Å². The van der Waals surface area contributed by atoms with E-state index in [4.69, 9.17) is 5.26 Å². The Morgan fingerprint density at radius 2 is 1.90 bits per heavy atom. The van der Waals surface area contributed by atoms with Gasteiger partial charge in [-0.05, 0) is 62.1 Å². The fourth-order valence-electron chi connectivity index (χ4n) is 5.91. The average molecular weight is 532 g/mol. The minimum Gasteiger partial charge on any atom is -0.347 e. The summed E-state index contributed by atoms with van der Waals surface area (Å²) >= 11 is 0. The number of likely N-dealkylation sites (tertiary alicyclic amines) is 1. The van der Waals surface area contributed by atoms with Crippen molar-refractivity contribution in [2.75, 3.05) is 19.6 Å². The normalized spacial score (nSPS) is 17.9. The molecule has 5 rings (SSSR count). The summed E-state index contributed by atoms with van der Waals surface area (Å²) in [6, 6.07) is 29.2. The van der Waals surface area contributed by atoms with Gasteiger partial charge in [-0.1, -0.05) is 72.3 Å². The molecule has 0 spiro atoms. The van der Waals surface area contributed by atoms with Gasteiger partial charge in [0.25, 0.3) is 0 Å². The average Bonchev–Trinajstić information content (AvgIpc) is 3.53. The van der Waals surface area contributed by atoms with E-state index in [1.54, 1.807) is 12.5 Å². The Balaban J connectivity index is 1.32. The van der Waals surface area contributed by atoms with Crippen LogP contribution in [0.1, 0.15) is 59.2 Å². The minimum absolute atomic E-state index is 0.0715. The molecule has 1 amide bonds. The molecule has 1 aliphatic rings. The molecule has 0 radical (unpaired) electrons. The maximum Gasteiger partial charge on any atom is 0.225 e. The standard InChI is InChI=1S/C34H37N5O/c1-25-8-6-11-29(18-25)31(28-9-4-3-5-10-28)23-39-17-7-12-30(22-39)33(40)38-34(2,32-21-36-24-37-32)19-26-13-15-27(20-35)16-14-26/h3-6,8-11,13-16,18,21,24,30-31H,7,12,17,19,22-23H2,1-2H3,(H,36,37)(H,38,40)/t30-,31?,34?/m0/s1.